The van der Waals surface area contributed by atoms with Crippen molar-refractivity contribution in [3.8, 4) is 0 Å². The average molecular weight is 269 g/mol. The van der Waals surface area contributed by atoms with E-state index in [2.05, 4.69) is 35.9 Å². The standard InChI is InChI=1S/C15H31N3O/c1-14(2,3)18-9-7-17(8-10-18)13-5-6-15(11-13,12-19)16-4/h13,16,19H,5-12H2,1-4H3. The third kappa shape index (κ3) is 3.30. The van der Waals surface area contributed by atoms with Gasteiger partial charge in [-0.25, -0.2) is 0 Å². The van der Waals surface area contributed by atoms with E-state index in [4.69, 9.17) is 0 Å². The first-order valence-corrected chi connectivity index (χ1v) is 7.69. The first-order chi connectivity index (χ1) is 8.90. The zero-order valence-electron chi connectivity index (χ0n) is 13.1. The second-order valence-electron chi connectivity index (χ2n) is 7.28. The Bertz CT molecular complexity index is 288. The Hall–Kier alpha value is -0.160. The highest BCUT2D eigenvalue weighted by Crippen LogP contribution is 2.33. The van der Waals surface area contributed by atoms with Crippen LogP contribution in [0.15, 0.2) is 0 Å². The summed E-state index contributed by atoms with van der Waals surface area (Å²) in [5, 5.41) is 12.9. The fraction of sp³-hybridized carbons (Fsp3) is 1.00. The maximum absolute atomic E-state index is 9.59. The third-order valence-electron chi connectivity index (χ3n) is 5.19. The lowest BCUT2D eigenvalue weighted by Gasteiger charge is -2.44. The highest BCUT2D eigenvalue weighted by atomic mass is 16.3. The molecule has 4 nitrogen and oxygen atoms in total. The third-order valence-corrected chi connectivity index (χ3v) is 5.19. The summed E-state index contributed by atoms with van der Waals surface area (Å²) >= 11 is 0. The predicted octanol–water partition coefficient (Wildman–Crippen LogP) is 0.905. The fourth-order valence-corrected chi connectivity index (χ4v) is 3.62. The van der Waals surface area contributed by atoms with Crippen molar-refractivity contribution in [3.05, 3.63) is 0 Å². The van der Waals surface area contributed by atoms with Crippen LogP contribution < -0.4 is 5.32 Å². The van der Waals surface area contributed by atoms with Crippen LogP contribution in [0.5, 0.6) is 0 Å². The van der Waals surface area contributed by atoms with Crippen molar-refractivity contribution in [3.63, 3.8) is 0 Å². The molecule has 0 aromatic carbocycles. The molecule has 1 aliphatic carbocycles. The molecule has 2 unspecified atom stereocenters. The van der Waals surface area contributed by atoms with Gasteiger partial charge in [0, 0.05) is 43.3 Å². The Balaban J connectivity index is 1.86. The fourth-order valence-electron chi connectivity index (χ4n) is 3.62. The van der Waals surface area contributed by atoms with Crippen LogP contribution in [0.4, 0.5) is 0 Å². The van der Waals surface area contributed by atoms with E-state index in [9.17, 15) is 5.11 Å². The summed E-state index contributed by atoms with van der Waals surface area (Å²) in [7, 11) is 1.98. The van der Waals surface area contributed by atoms with Crippen LogP contribution >= 0.6 is 0 Å². The largest absolute Gasteiger partial charge is 0.394 e. The zero-order chi connectivity index (χ0) is 14.1. The van der Waals surface area contributed by atoms with Gasteiger partial charge in [-0.2, -0.15) is 0 Å². The number of aliphatic hydroxyl groups is 1. The number of hydrogen-bond donors (Lipinski definition) is 2. The molecule has 1 heterocycles. The summed E-state index contributed by atoms with van der Waals surface area (Å²) < 4.78 is 0. The van der Waals surface area contributed by atoms with Crippen LogP contribution in [0.25, 0.3) is 0 Å². The molecular formula is C15H31N3O. The van der Waals surface area contributed by atoms with Crippen LogP contribution in [0.2, 0.25) is 0 Å². The molecule has 19 heavy (non-hydrogen) atoms. The minimum absolute atomic E-state index is 0.0220. The highest BCUT2D eigenvalue weighted by molar-refractivity contribution is 4.99. The van der Waals surface area contributed by atoms with Gasteiger partial charge in [0.05, 0.1) is 6.61 Å². The molecule has 0 amide bonds. The number of nitrogens with one attached hydrogen (secondary N) is 1. The zero-order valence-corrected chi connectivity index (χ0v) is 13.1. The lowest BCUT2D eigenvalue weighted by atomic mass is 9.98. The van der Waals surface area contributed by atoms with Crippen molar-refractivity contribution in [2.24, 2.45) is 0 Å². The Kier molecular flexibility index (Phi) is 4.56. The van der Waals surface area contributed by atoms with Crippen LogP contribution in [0.3, 0.4) is 0 Å². The van der Waals surface area contributed by atoms with Gasteiger partial charge >= 0.3 is 0 Å². The second kappa shape index (κ2) is 5.68. The molecule has 1 saturated carbocycles. The Morgan fingerprint density at radius 3 is 2.26 bits per heavy atom. The van der Waals surface area contributed by atoms with E-state index in [1.165, 1.54) is 32.6 Å². The lowest BCUT2D eigenvalue weighted by molar-refractivity contribution is 0.0401. The first-order valence-electron chi connectivity index (χ1n) is 7.69. The van der Waals surface area contributed by atoms with Gasteiger partial charge in [0.15, 0.2) is 0 Å². The van der Waals surface area contributed by atoms with Gasteiger partial charge in [-0.1, -0.05) is 0 Å². The van der Waals surface area contributed by atoms with E-state index >= 15 is 0 Å². The van der Waals surface area contributed by atoms with E-state index < -0.39 is 0 Å². The quantitative estimate of drug-likeness (QED) is 0.799. The van der Waals surface area contributed by atoms with E-state index in [1.807, 2.05) is 7.05 Å². The minimum atomic E-state index is -0.0220. The van der Waals surface area contributed by atoms with Gasteiger partial charge < -0.3 is 10.4 Å². The molecule has 2 rings (SSSR count). The molecule has 4 heteroatoms. The topological polar surface area (TPSA) is 38.7 Å². The minimum Gasteiger partial charge on any atom is -0.394 e. The van der Waals surface area contributed by atoms with Crippen LogP contribution in [-0.2, 0) is 0 Å². The molecule has 0 spiro atoms. The number of rotatable bonds is 3. The van der Waals surface area contributed by atoms with Gasteiger partial charge in [0.1, 0.15) is 0 Å². The van der Waals surface area contributed by atoms with Gasteiger partial charge in [-0.15, -0.1) is 0 Å². The van der Waals surface area contributed by atoms with E-state index in [1.54, 1.807) is 0 Å². The number of nitrogens with zero attached hydrogens (tertiary/aromatic N) is 2. The molecule has 0 radical (unpaired) electrons. The van der Waals surface area contributed by atoms with Crippen LogP contribution in [0.1, 0.15) is 40.0 Å². The molecule has 2 fully saturated rings. The van der Waals surface area contributed by atoms with Crippen molar-refractivity contribution < 1.29 is 5.11 Å². The summed E-state index contributed by atoms with van der Waals surface area (Å²) in [5.41, 5.74) is 0.271. The van der Waals surface area contributed by atoms with E-state index in [0.717, 1.165) is 12.8 Å². The summed E-state index contributed by atoms with van der Waals surface area (Å²) in [5.74, 6) is 0. The molecule has 1 saturated heterocycles. The molecular weight excluding hydrogens is 238 g/mol. The molecule has 2 N–H and O–H groups in total. The van der Waals surface area contributed by atoms with Crippen molar-refractivity contribution in [2.75, 3.05) is 39.8 Å². The number of aliphatic hydroxyl groups excluding tert-OH is 1. The Morgan fingerprint density at radius 2 is 1.84 bits per heavy atom. The summed E-state index contributed by atoms with van der Waals surface area (Å²) in [6, 6.07) is 0.654. The summed E-state index contributed by atoms with van der Waals surface area (Å²) in [4.78, 5) is 5.22. The van der Waals surface area contributed by atoms with Crippen molar-refractivity contribution in [1.29, 1.82) is 0 Å². The summed E-state index contributed by atoms with van der Waals surface area (Å²) in [6.45, 7) is 11.9. The molecule has 2 aliphatic rings. The number of likely N-dealkylation sites (N-methyl/N-ethyl adjacent to an activating group) is 1. The Morgan fingerprint density at radius 1 is 1.21 bits per heavy atom. The van der Waals surface area contributed by atoms with E-state index in [0.29, 0.717) is 11.6 Å². The lowest BCUT2D eigenvalue weighted by Crippen LogP contribution is -2.56. The smallest absolute Gasteiger partial charge is 0.0613 e. The average Bonchev–Trinajstić information content (AvgIpc) is 2.83. The van der Waals surface area contributed by atoms with Crippen molar-refractivity contribution in [2.45, 2.75) is 57.2 Å². The second-order valence-corrected chi connectivity index (χ2v) is 7.28. The molecule has 0 aromatic heterocycles. The van der Waals surface area contributed by atoms with Gasteiger partial charge in [-0.3, -0.25) is 9.80 Å². The molecule has 1 aliphatic heterocycles. The molecule has 0 bridgehead atoms. The van der Waals surface area contributed by atoms with Gasteiger partial charge in [-0.05, 0) is 47.1 Å². The first kappa shape index (κ1) is 15.2. The molecule has 112 valence electrons. The van der Waals surface area contributed by atoms with Crippen LogP contribution in [-0.4, -0.2) is 71.9 Å². The van der Waals surface area contributed by atoms with Gasteiger partial charge in [0.25, 0.3) is 0 Å². The van der Waals surface area contributed by atoms with Crippen molar-refractivity contribution >= 4 is 0 Å². The molecule has 2 atom stereocenters. The summed E-state index contributed by atoms with van der Waals surface area (Å²) in [6.07, 6.45) is 3.41. The maximum Gasteiger partial charge on any atom is 0.0613 e. The number of piperazine rings is 1. The van der Waals surface area contributed by atoms with Crippen molar-refractivity contribution in [1.82, 2.24) is 15.1 Å². The monoisotopic (exact) mass is 269 g/mol. The highest BCUT2D eigenvalue weighted by Gasteiger charge is 2.40. The number of hydrogen-bond acceptors (Lipinski definition) is 4. The SMILES string of the molecule is CNC1(CO)CCC(N2CCN(C(C)(C)C)CC2)C1. The molecule has 0 aromatic rings. The normalized spacial score (nSPS) is 34.9. The maximum atomic E-state index is 9.59. The predicted molar refractivity (Wildman–Crippen MR) is 79.4 cm³/mol. The van der Waals surface area contributed by atoms with Gasteiger partial charge in [0.2, 0.25) is 0 Å². The van der Waals surface area contributed by atoms with E-state index in [-0.39, 0.29) is 12.1 Å². The van der Waals surface area contributed by atoms with Crippen LogP contribution in [0, 0.1) is 0 Å². The Labute approximate surface area is 118 Å².